The van der Waals surface area contributed by atoms with Crippen LogP contribution in [-0.2, 0) is 16.6 Å². The van der Waals surface area contributed by atoms with E-state index >= 15 is 0 Å². The molecule has 24 heavy (non-hydrogen) atoms. The number of hydrogen-bond donors (Lipinski definition) is 0. The lowest BCUT2D eigenvalue weighted by Crippen LogP contribution is -2.40. The second-order valence-corrected chi connectivity index (χ2v) is 9.21. The lowest BCUT2D eigenvalue weighted by atomic mass is 9.73. The maximum atomic E-state index is 11.5. The molecule has 130 valence electrons. The van der Waals surface area contributed by atoms with Crippen LogP contribution in [0.1, 0.15) is 32.2 Å². The van der Waals surface area contributed by atoms with Crippen LogP contribution in [0.15, 0.2) is 33.3 Å². The molecule has 0 N–H and O–H groups in total. The SMILES string of the molecule is CC(C)C(C)(c1ccc(Br)cc1)c1noc(N2CC[S+]([O-])CC2)n1. The highest BCUT2D eigenvalue weighted by molar-refractivity contribution is 9.10. The number of benzene rings is 1. The van der Waals surface area contributed by atoms with Crippen molar-refractivity contribution >= 4 is 33.1 Å². The summed E-state index contributed by atoms with van der Waals surface area (Å²) in [5, 5.41) is 4.29. The first kappa shape index (κ1) is 17.8. The van der Waals surface area contributed by atoms with Crippen molar-refractivity contribution in [1.29, 1.82) is 0 Å². The Morgan fingerprint density at radius 2 is 1.88 bits per heavy atom. The number of nitrogens with zero attached hydrogens (tertiary/aromatic N) is 3. The molecule has 0 amide bonds. The maximum Gasteiger partial charge on any atom is 0.324 e. The molecule has 0 spiro atoms. The number of aromatic nitrogens is 2. The third-order valence-electron chi connectivity index (χ3n) is 4.93. The highest BCUT2D eigenvalue weighted by Crippen LogP contribution is 2.38. The van der Waals surface area contributed by atoms with Crippen molar-refractivity contribution in [3.05, 3.63) is 40.1 Å². The van der Waals surface area contributed by atoms with Gasteiger partial charge in [-0.25, -0.2) is 0 Å². The van der Waals surface area contributed by atoms with Gasteiger partial charge in [0.2, 0.25) is 0 Å². The first-order chi connectivity index (χ1) is 11.4. The Hall–Kier alpha value is -1.05. The molecule has 2 heterocycles. The van der Waals surface area contributed by atoms with E-state index in [-0.39, 0.29) is 5.41 Å². The first-order valence-corrected chi connectivity index (χ1v) is 10.4. The van der Waals surface area contributed by atoms with Crippen LogP contribution < -0.4 is 4.90 Å². The van der Waals surface area contributed by atoms with Gasteiger partial charge in [-0.3, -0.25) is 0 Å². The molecule has 1 fully saturated rings. The average molecular weight is 412 g/mol. The van der Waals surface area contributed by atoms with Crippen LogP contribution >= 0.6 is 15.9 Å². The van der Waals surface area contributed by atoms with Crippen LogP contribution in [0.4, 0.5) is 6.01 Å². The summed E-state index contributed by atoms with van der Waals surface area (Å²) in [5.41, 5.74) is 0.828. The highest BCUT2D eigenvalue weighted by atomic mass is 79.9. The van der Waals surface area contributed by atoms with E-state index in [1.54, 1.807) is 0 Å². The van der Waals surface area contributed by atoms with Gasteiger partial charge in [-0.15, -0.1) is 0 Å². The van der Waals surface area contributed by atoms with Crippen molar-refractivity contribution in [3.63, 3.8) is 0 Å². The third-order valence-corrected chi connectivity index (χ3v) is 6.73. The molecule has 3 rings (SSSR count). The zero-order chi connectivity index (χ0) is 17.3. The van der Waals surface area contributed by atoms with Gasteiger partial charge < -0.3 is 14.0 Å². The minimum atomic E-state index is -0.720. The van der Waals surface area contributed by atoms with Gasteiger partial charge in [-0.05, 0) is 30.5 Å². The zero-order valence-electron chi connectivity index (χ0n) is 14.2. The van der Waals surface area contributed by atoms with E-state index in [4.69, 9.17) is 4.52 Å². The van der Waals surface area contributed by atoms with E-state index in [2.05, 4.69) is 59.0 Å². The summed E-state index contributed by atoms with van der Waals surface area (Å²) in [6.45, 7) is 7.89. The molecule has 1 saturated heterocycles. The summed E-state index contributed by atoms with van der Waals surface area (Å²) in [5.74, 6) is 2.32. The molecule has 1 aliphatic heterocycles. The fourth-order valence-corrected chi connectivity index (χ4v) is 4.22. The second-order valence-electron chi connectivity index (χ2n) is 6.60. The van der Waals surface area contributed by atoms with Gasteiger partial charge >= 0.3 is 6.01 Å². The summed E-state index contributed by atoms with van der Waals surface area (Å²) in [6.07, 6.45) is 0. The molecule has 7 heteroatoms. The molecule has 0 radical (unpaired) electrons. The predicted molar refractivity (Wildman–Crippen MR) is 99.8 cm³/mol. The van der Waals surface area contributed by atoms with Crippen molar-refractivity contribution in [2.45, 2.75) is 26.2 Å². The van der Waals surface area contributed by atoms with E-state index in [1.165, 1.54) is 0 Å². The van der Waals surface area contributed by atoms with Crippen molar-refractivity contribution in [2.75, 3.05) is 29.5 Å². The maximum absolute atomic E-state index is 11.5. The molecular formula is C17H22BrN3O2S. The highest BCUT2D eigenvalue weighted by Gasteiger charge is 2.38. The average Bonchev–Trinajstić information content (AvgIpc) is 3.05. The van der Waals surface area contributed by atoms with Gasteiger partial charge in [-0.2, -0.15) is 4.98 Å². The Morgan fingerprint density at radius 3 is 2.46 bits per heavy atom. The molecule has 0 bridgehead atoms. The molecule has 1 aromatic carbocycles. The van der Waals surface area contributed by atoms with E-state index in [0.29, 0.717) is 42.4 Å². The smallest absolute Gasteiger partial charge is 0.324 e. The lowest BCUT2D eigenvalue weighted by molar-refractivity contribution is 0.348. The van der Waals surface area contributed by atoms with Gasteiger partial charge in [0.15, 0.2) is 5.82 Å². The van der Waals surface area contributed by atoms with E-state index in [1.807, 2.05) is 17.0 Å². The van der Waals surface area contributed by atoms with Gasteiger partial charge in [-0.1, -0.05) is 58.2 Å². The van der Waals surface area contributed by atoms with E-state index in [0.717, 1.165) is 10.0 Å². The summed E-state index contributed by atoms with van der Waals surface area (Å²) in [4.78, 5) is 6.72. The molecule has 0 saturated carbocycles. The monoisotopic (exact) mass is 411 g/mol. The largest absolute Gasteiger partial charge is 0.616 e. The minimum Gasteiger partial charge on any atom is -0.616 e. The van der Waals surface area contributed by atoms with Crippen LogP contribution in [0.3, 0.4) is 0 Å². The van der Waals surface area contributed by atoms with Crippen molar-refractivity contribution in [1.82, 2.24) is 10.1 Å². The fourth-order valence-electron chi connectivity index (χ4n) is 2.90. The minimum absolute atomic E-state index is 0.304. The Labute approximate surface area is 154 Å². The summed E-state index contributed by atoms with van der Waals surface area (Å²) in [7, 11) is 0. The zero-order valence-corrected chi connectivity index (χ0v) is 16.6. The Balaban J connectivity index is 1.91. The van der Waals surface area contributed by atoms with E-state index in [9.17, 15) is 4.55 Å². The van der Waals surface area contributed by atoms with E-state index < -0.39 is 11.2 Å². The van der Waals surface area contributed by atoms with Crippen molar-refractivity contribution in [3.8, 4) is 0 Å². The molecule has 5 nitrogen and oxygen atoms in total. The van der Waals surface area contributed by atoms with Gasteiger partial charge in [0.05, 0.1) is 18.5 Å². The molecule has 1 aromatic heterocycles. The topological polar surface area (TPSA) is 65.2 Å². The molecule has 1 aliphatic rings. The van der Waals surface area contributed by atoms with Crippen LogP contribution in [0.5, 0.6) is 0 Å². The Kier molecular flexibility index (Phi) is 5.22. The van der Waals surface area contributed by atoms with Crippen LogP contribution in [0.2, 0.25) is 0 Å². The fraction of sp³-hybridized carbons (Fsp3) is 0.529. The summed E-state index contributed by atoms with van der Waals surface area (Å²) >= 11 is 2.76. The molecule has 2 aromatic rings. The second kappa shape index (κ2) is 7.06. The van der Waals surface area contributed by atoms with Gasteiger partial charge in [0.25, 0.3) is 0 Å². The Morgan fingerprint density at radius 1 is 1.25 bits per heavy atom. The summed E-state index contributed by atoms with van der Waals surface area (Å²) < 4.78 is 18.1. The Bertz CT molecular complexity index is 683. The molecule has 1 unspecified atom stereocenters. The standard InChI is InChI=1S/C17H22BrN3O2S/c1-12(2)17(3,13-4-6-14(18)7-5-13)15-19-16(23-20-15)21-8-10-24(22)11-9-21/h4-7,12H,8-11H2,1-3H3. The first-order valence-electron chi connectivity index (χ1n) is 8.11. The van der Waals surface area contributed by atoms with Gasteiger partial charge in [0.1, 0.15) is 11.5 Å². The molecular weight excluding hydrogens is 390 g/mol. The van der Waals surface area contributed by atoms with Crippen molar-refractivity contribution in [2.24, 2.45) is 5.92 Å². The van der Waals surface area contributed by atoms with Crippen LogP contribution in [-0.4, -0.2) is 39.3 Å². The number of hydrogen-bond acceptors (Lipinski definition) is 5. The normalized spacial score (nSPS) is 18.8. The predicted octanol–water partition coefficient (Wildman–Crippen LogP) is 3.36. The third kappa shape index (κ3) is 3.34. The number of anilines is 1. The molecule has 0 aliphatic carbocycles. The number of rotatable bonds is 4. The lowest BCUT2D eigenvalue weighted by Gasteiger charge is -2.31. The molecule has 1 atom stereocenters. The van der Waals surface area contributed by atoms with Crippen molar-refractivity contribution < 1.29 is 9.08 Å². The number of halogens is 1. The van der Waals surface area contributed by atoms with Crippen LogP contribution in [0, 0.1) is 5.92 Å². The summed E-state index contributed by atoms with van der Waals surface area (Å²) in [6, 6.07) is 8.81. The quantitative estimate of drug-likeness (QED) is 0.721. The van der Waals surface area contributed by atoms with Crippen LogP contribution in [0.25, 0.3) is 0 Å². The van der Waals surface area contributed by atoms with Gasteiger partial charge in [0, 0.05) is 4.47 Å².